The standard InChI is InChI=1S/C14H14N4O2S/c1-10(11-5-3-2-4-6-11)16-14-17-12-7-8-15-9-13(12)21(19,20)18-14/h2-10H,1H3,(H2,16,17,18)/t10-/m0/s1. The van der Waals surface area contributed by atoms with Crippen molar-refractivity contribution in [3.05, 3.63) is 54.4 Å². The highest BCUT2D eigenvalue weighted by Crippen LogP contribution is 2.24. The Balaban J connectivity index is 1.94. The zero-order chi connectivity index (χ0) is 14.9. The Hall–Kier alpha value is -2.41. The summed E-state index contributed by atoms with van der Waals surface area (Å²) in [6.07, 6.45) is 2.84. The fraction of sp³-hybridized carbons (Fsp3) is 0.143. The van der Waals surface area contributed by atoms with Gasteiger partial charge in [0.1, 0.15) is 4.90 Å². The molecule has 0 saturated carbocycles. The second kappa shape index (κ2) is 5.17. The van der Waals surface area contributed by atoms with Gasteiger partial charge in [0.25, 0.3) is 10.0 Å². The van der Waals surface area contributed by atoms with Crippen molar-refractivity contribution in [1.29, 1.82) is 0 Å². The largest absolute Gasteiger partial charge is 0.324 e. The van der Waals surface area contributed by atoms with Crippen LogP contribution in [0.25, 0.3) is 0 Å². The Morgan fingerprint density at radius 2 is 1.95 bits per heavy atom. The molecule has 1 atom stereocenters. The Morgan fingerprint density at radius 3 is 2.71 bits per heavy atom. The number of anilines is 1. The number of benzene rings is 1. The van der Waals surface area contributed by atoms with Gasteiger partial charge in [-0.1, -0.05) is 30.3 Å². The number of pyridine rings is 1. The number of rotatable bonds is 2. The Bertz CT molecular complexity index is 788. The summed E-state index contributed by atoms with van der Waals surface area (Å²) >= 11 is 0. The molecule has 1 aliphatic heterocycles. The Labute approximate surface area is 123 Å². The Kier molecular flexibility index (Phi) is 3.34. The molecule has 0 unspecified atom stereocenters. The van der Waals surface area contributed by atoms with E-state index in [0.717, 1.165) is 5.56 Å². The molecule has 7 heteroatoms. The van der Waals surface area contributed by atoms with E-state index in [0.29, 0.717) is 5.69 Å². The van der Waals surface area contributed by atoms with Crippen molar-refractivity contribution in [3.8, 4) is 0 Å². The van der Waals surface area contributed by atoms with Gasteiger partial charge in [0.2, 0.25) is 5.96 Å². The lowest BCUT2D eigenvalue weighted by Crippen LogP contribution is -2.41. The van der Waals surface area contributed by atoms with Gasteiger partial charge in [-0.05, 0) is 18.6 Å². The number of nitrogens with one attached hydrogen (secondary N) is 2. The molecule has 1 aromatic carbocycles. The van der Waals surface area contributed by atoms with Crippen molar-refractivity contribution in [2.45, 2.75) is 17.9 Å². The third kappa shape index (κ3) is 2.73. The van der Waals surface area contributed by atoms with Crippen LogP contribution >= 0.6 is 0 Å². The van der Waals surface area contributed by atoms with Gasteiger partial charge in [0, 0.05) is 12.4 Å². The average molecular weight is 302 g/mol. The van der Waals surface area contributed by atoms with E-state index in [9.17, 15) is 8.42 Å². The molecule has 21 heavy (non-hydrogen) atoms. The molecule has 0 bridgehead atoms. The predicted octanol–water partition coefficient (Wildman–Crippen LogP) is 1.90. The van der Waals surface area contributed by atoms with Gasteiger partial charge in [0.05, 0.1) is 11.7 Å². The van der Waals surface area contributed by atoms with Crippen molar-refractivity contribution in [3.63, 3.8) is 0 Å². The molecule has 0 amide bonds. The Morgan fingerprint density at radius 1 is 1.19 bits per heavy atom. The van der Waals surface area contributed by atoms with Crippen LogP contribution in [0.2, 0.25) is 0 Å². The van der Waals surface area contributed by atoms with Crippen LogP contribution in [-0.2, 0) is 10.0 Å². The van der Waals surface area contributed by atoms with Gasteiger partial charge in [-0.15, -0.1) is 0 Å². The maximum absolute atomic E-state index is 12.1. The van der Waals surface area contributed by atoms with Gasteiger partial charge in [-0.2, -0.15) is 0 Å². The molecule has 108 valence electrons. The zero-order valence-corrected chi connectivity index (χ0v) is 12.1. The van der Waals surface area contributed by atoms with Crippen LogP contribution < -0.4 is 10.0 Å². The second-order valence-electron chi connectivity index (χ2n) is 4.67. The summed E-state index contributed by atoms with van der Waals surface area (Å²) in [4.78, 5) is 8.35. The van der Waals surface area contributed by atoms with Gasteiger partial charge >= 0.3 is 0 Å². The number of guanidine groups is 1. The summed E-state index contributed by atoms with van der Waals surface area (Å²) in [5.74, 6) is 0.213. The van der Waals surface area contributed by atoms with E-state index in [4.69, 9.17) is 0 Å². The molecule has 0 radical (unpaired) electrons. The topological polar surface area (TPSA) is 83.5 Å². The molecule has 2 aromatic rings. The fourth-order valence-electron chi connectivity index (χ4n) is 2.09. The van der Waals surface area contributed by atoms with Crippen molar-refractivity contribution >= 4 is 21.7 Å². The summed E-state index contributed by atoms with van der Waals surface area (Å²) in [5, 5.41) is 2.97. The summed E-state index contributed by atoms with van der Waals surface area (Å²) in [7, 11) is -3.62. The van der Waals surface area contributed by atoms with E-state index in [1.807, 2.05) is 37.3 Å². The first kappa shape index (κ1) is 13.6. The van der Waals surface area contributed by atoms with Crippen LogP contribution in [0.4, 0.5) is 5.69 Å². The fourth-order valence-corrected chi connectivity index (χ4v) is 3.17. The second-order valence-corrected chi connectivity index (χ2v) is 6.32. The van der Waals surface area contributed by atoms with Crippen LogP contribution in [0.1, 0.15) is 18.5 Å². The van der Waals surface area contributed by atoms with Crippen LogP contribution in [0.3, 0.4) is 0 Å². The normalized spacial score (nSPS) is 19.2. The highest BCUT2D eigenvalue weighted by atomic mass is 32.2. The van der Waals surface area contributed by atoms with Crippen molar-refractivity contribution in [2.24, 2.45) is 4.99 Å². The molecule has 6 nitrogen and oxygen atoms in total. The summed E-state index contributed by atoms with van der Waals surface area (Å²) in [6.45, 7) is 1.90. The molecule has 3 rings (SSSR count). The molecular weight excluding hydrogens is 288 g/mol. The van der Waals surface area contributed by atoms with Gasteiger partial charge in [-0.3, -0.25) is 4.98 Å². The van der Waals surface area contributed by atoms with E-state index in [1.165, 1.54) is 12.4 Å². The molecular formula is C14H14N4O2S. The average Bonchev–Trinajstić information content (AvgIpc) is 2.47. The number of hydrogen-bond acceptors (Lipinski definition) is 4. The zero-order valence-electron chi connectivity index (χ0n) is 11.3. The third-order valence-electron chi connectivity index (χ3n) is 3.16. The SMILES string of the molecule is C[C@H](N=C1Nc2ccncc2S(=O)(=O)N1)c1ccccc1. The van der Waals surface area contributed by atoms with Crippen LogP contribution in [0.5, 0.6) is 0 Å². The molecule has 2 N–H and O–H groups in total. The molecule has 2 heterocycles. The third-order valence-corrected chi connectivity index (χ3v) is 4.53. The molecule has 0 spiro atoms. The van der Waals surface area contributed by atoms with E-state index in [-0.39, 0.29) is 16.9 Å². The van der Waals surface area contributed by atoms with E-state index >= 15 is 0 Å². The van der Waals surface area contributed by atoms with Gasteiger partial charge in [0.15, 0.2) is 0 Å². The molecule has 1 aromatic heterocycles. The number of nitrogens with zero attached hydrogens (tertiary/aromatic N) is 2. The maximum Gasteiger partial charge on any atom is 0.267 e. The lowest BCUT2D eigenvalue weighted by molar-refractivity contribution is 0.591. The quantitative estimate of drug-likeness (QED) is 0.887. The minimum absolute atomic E-state index is 0.122. The van der Waals surface area contributed by atoms with Crippen molar-refractivity contribution in [1.82, 2.24) is 9.71 Å². The van der Waals surface area contributed by atoms with Crippen molar-refractivity contribution in [2.75, 3.05) is 5.32 Å². The number of aliphatic imine (C=N–C) groups is 1. The predicted molar refractivity (Wildman–Crippen MR) is 80.5 cm³/mol. The van der Waals surface area contributed by atoms with Crippen LogP contribution in [0.15, 0.2) is 58.7 Å². The number of hydrogen-bond donors (Lipinski definition) is 2. The smallest absolute Gasteiger partial charge is 0.267 e. The minimum Gasteiger partial charge on any atom is -0.324 e. The van der Waals surface area contributed by atoms with Crippen LogP contribution in [0, 0.1) is 0 Å². The van der Waals surface area contributed by atoms with E-state index in [2.05, 4.69) is 20.0 Å². The van der Waals surface area contributed by atoms with E-state index < -0.39 is 10.0 Å². The lowest BCUT2D eigenvalue weighted by Gasteiger charge is -2.22. The molecule has 0 saturated heterocycles. The number of aromatic nitrogens is 1. The van der Waals surface area contributed by atoms with Crippen LogP contribution in [-0.4, -0.2) is 19.4 Å². The lowest BCUT2D eigenvalue weighted by atomic mass is 10.1. The summed E-state index contributed by atoms with van der Waals surface area (Å²) in [5.41, 5.74) is 1.48. The number of sulfonamides is 1. The molecule has 0 fully saturated rings. The highest BCUT2D eigenvalue weighted by molar-refractivity contribution is 7.90. The number of fused-ring (bicyclic) bond motifs is 1. The van der Waals surface area contributed by atoms with Crippen molar-refractivity contribution < 1.29 is 8.42 Å². The van der Waals surface area contributed by atoms with Gasteiger partial charge in [-0.25, -0.2) is 18.1 Å². The monoisotopic (exact) mass is 302 g/mol. The van der Waals surface area contributed by atoms with Gasteiger partial charge < -0.3 is 5.32 Å². The molecule has 1 aliphatic rings. The summed E-state index contributed by atoms with van der Waals surface area (Å²) in [6, 6.07) is 11.1. The first-order valence-electron chi connectivity index (χ1n) is 6.43. The minimum atomic E-state index is -3.62. The maximum atomic E-state index is 12.1. The summed E-state index contributed by atoms with van der Waals surface area (Å²) < 4.78 is 26.7. The molecule has 0 aliphatic carbocycles. The first-order chi connectivity index (χ1) is 10.1. The first-order valence-corrected chi connectivity index (χ1v) is 7.91. The van der Waals surface area contributed by atoms with E-state index in [1.54, 1.807) is 6.07 Å². The highest BCUT2D eigenvalue weighted by Gasteiger charge is 2.26.